The molecule has 1 saturated carbocycles. The van der Waals surface area contributed by atoms with Gasteiger partial charge in [-0.2, -0.15) is 5.26 Å². The summed E-state index contributed by atoms with van der Waals surface area (Å²) in [6.07, 6.45) is 2.14. The minimum Gasteiger partial charge on any atom is -0.366 e. The summed E-state index contributed by atoms with van der Waals surface area (Å²) < 4.78 is 14.8. The Balaban J connectivity index is 1.44. The van der Waals surface area contributed by atoms with Crippen LogP contribution in [0.1, 0.15) is 35.7 Å². The molecule has 1 aliphatic carbocycles. The topological polar surface area (TPSA) is 108 Å². The fraction of sp³-hybridized carbons (Fsp3) is 0.375. The molecule has 7 heteroatoms. The maximum atomic E-state index is 14.8. The van der Waals surface area contributed by atoms with Crippen molar-refractivity contribution in [3.05, 3.63) is 59.4 Å². The first-order chi connectivity index (χ1) is 14.9. The molecule has 0 radical (unpaired) electrons. The molecule has 4 unspecified atom stereocenters. The standard InChI is InChI=1S/C24H25FN4O2/c1-13-7-18-11-20(13)22(28-18)24(31)29-19(12-26)9-16-6-5-15(10-21(16)25)14-3-2-4-17(8-14)23(27)30/h2-6,8,10,13,18-20,22,28H,7,9,11H2,1H3,(H2,27,30)(H,29,31)/t13?,18?,19-,20?,22?/m0/s1. The van der Waals surface area contributed by atoms with Crippen LogP contribution in [0.3, 0.4) is 0 Å². The SMILES string of the molecule is CC1CC2CC1C(C(=O)N[C@H](C#N)Cc1ccc(-c3cccc(C(N)=O)c3)cc1F)N2. The number of nitrogens with one attached hydrogen (secondary N) is 2. The average molecular weight is 420 g/mol. The van der Waals surface area contributed by atoms with Crippen molar-refractivity contribution in [3.8, 4) is 17.2 Å². The number of amides is 2. The highest BCUT2D eigenvalue weighted by molar-refractivity contribution is 5.94. The Hall–Kier alpha value is -3.24. The molecule has 5 atom stereocenters. The first-order valence-electron chi connectivity index (χ1n) is 10.5. The molecule has 4 N–H and O–H groups in total. The second-order valence-corrected chi connectivity index (χ2v) is 8.60. The van der Waals surface area contributed by atoms with Gasteiger partial charge in [0.15, 0.2) is 0 Å². The van der Waals surface area contributed by atoms with E-state index in [4.69, 9.17) is 5.73 Å². The minimum absolute atomic E-state index is 0.0754. The van der Waals surface area contributed by atoms with Crippen molar-refractivity contribution in [2.24, 2.45) is 17.6 Å². The van der Waals surface area contributed by atoms with Crippen LogP contribution in [0.4, 0.5) is 4.39 Å². The van der Waals surface area contributed by atoms with Gasteiger partial charge in [0.1, 0.15) is 11.9 Å². The van der Waals surface area contributed by atoms with Crippen molar-refractivity contribution in [2.45, 2.75) is 44.3 Å². The maximum absolute atomic E-state index is 14.8. The summed E-state index contributed by atoms with van der Waals surface area (Å²) in [5.74, 6) is -0.433. The zero-order valence-corrected chi connectivity index (χ0v) is 17.3. The Morgan fingerprint density at radius 2 is 2.03 bits per heavy atom. The minimum atomic E-state index is -0.817. The number of rotatable bonds is 6. The van der Waals surface area contributed by atoms with Gasteiger partial charge in [0.05, 0.1) is 12.1 Å². The van der Waals surface area contributed by atoms with Gasteiger partial charge in [-0.1, -0.05) is 31.2 Å². The Labute approximate surface area is 180 Å². The lowest BCUT2D eigenvalue weighted by Gasteiger charge is -2.28. The number of nitriles is 1. The maximum Gasteiger partial charge on any atom is 0.248 e. The van der Waals surface area contributed by atoms with E-state index in [1.807, 2.05) is 0 Å². The third kappa shape index (κ3) is 4.30. The van der Waals surface area contributed by atoms with Gasteiger partial charge >= 0.3 is 0 Å². The highest BCUT2D eigenvalue weighted by Gasteiger charge is 2.47. The predicted molar refractivity (Wildman–Crippen MR) is 114 cm³/mol. The molecular weight excluding hydrogens is 395 g/mol. The molecule has 160 valence electrons. The van der Waals surface area contributed by atoms with Crippen LogP contribution in [0.5, 0.6) is 0 Å². The summed E-state index contributed by atoms with van der Waals surface area (Å²) in [7, 11) is 0. The van der Waals surface area contributed by atoms with Gasteiger partial charge < -0.3 is 16.4 Å². The Bertz CT molecular complexity index is 1060. The van der Waals surface area contributed by atoms with E-state index in [9.17, 15) is 19.2 Å². The second-order valence-electron chi connectivity index (χ2n) is 8.60. The summed E-state index contributed by atoms with van der Waals surface area (Å²) in [6, 6.07) is 12.7. The van der Waals surface area contributed by atoms with Crippen LogP contribution in [0.15, 0.2) is 42.5 Å². The zero-order valence-electron chi connectivity index (χ0n) is 17.3. The summed E-state index contributed by atoms with van der Waals surface area (Å²) >= 11 is 0. The van der Waals surface area contributed by atoms with E-state index in [-0.39, 0.29) is 24.3 Å². The first kappa shape index (κ1) is 21.0. The largest absolute Gasteiger partial charge is 0.366 e. The Morgan fingerprint density at radius 3 is 2.68 bits per heavy atom. The van der Waals surface area contributed by atoms with E-state index in [0.29, 0.717) is 34.2 Å². The molecule has 4 rings (SSSR count). The van der Waals surface area contributed by atoms with Gasteiger partial charge in [0, 0.05) is 18.0 Å². The van der Waals surface area contributed by atoms with Crippen molar-refractivity contribution < 1.29 is 14.0 Å². The van der Waals surface area contributed by atoms with Crippen LogP contribution in [0.2, 0.25) is 0 Å². The highest BCUT2D eigenvalue weighted by Crippen LogP contribution is 2.40. The van der Waals surface area contributed by atoms with Gasteiger partial charge in [-0.15, -0.1) is 0 Å². The number of carbonyl (C=O) groups excluding carboxylic acids is 2. The highest BCUT2D eigenvalue weighted by atomic mass is 19.1. The van der Waals surface area contributed by atoms with Crippen molar-refractivity contribution in [2.75, 3.05) is 0 Å². The van der Waals surface area contributed by atoms with Crippen molar-refractivity contribution in [1.29, 1.82) is 5.26 Å². The molecule has 2 bridgehead atoms. The predicted octanol–water partition coefficient (Wildman–Crippen LogP) is 2.53. The van der Waals surface area contributed by atoms with E-state index in [0.717, 1.165) is 12.8 Å². The number of carbonyl (C=O) groups is 2. The number of halogens is 1. The second kappa shape index (κ2) is 8.48. The van der Waals surface area contributed by atoms with Crippen LogP contribution < -0.4 is 16.4 Å². The van der Waals surface area contributed by atoms with Crippen molar-refractivity contribution >= 4 is 11.8 Å². The lowest BCUT2D eigenvalue weighted by atomic mass is 9.89. The quantitative estimate of drug-likeness (QED) is 0.667. The number of fused-ring (bicyclic) bond motifs is 2. The van der Waals surface area contributed by atoms with Gasteiger partial charge in [-0.05, 0) is 59.6 Å². The molecule has 2 aromatic rings. The van der Waals surface area contributed by atoms with E-state index >= 15 is 0 Å². The summed E-state index contributed by atoms with van der Waals surface area (Å²) in [5, 5.41) is 15.6. The molecular formula is C24H25FN4O2. The van der Waals surface area contributed by atoms with Crippen LogP contribution >= 0.6 is 0 Å². The molecule has 31 heavy (non-hydrogen) atoms. The van der Waals surface area contributed by atoms with Crippen LogP contribution in [-0.4, -0.2) is 29.9 Å². The van der Waals surface area contributed by atoms with Crippen molar-refractivity contribution in [1.82, 2.24) is 10.6 Å². The third-order valence-corrected chi connectivity index (χ3v) is 6.50. The molecule has 1 heterocycles. The summed E-state index contributed by atoms with van der Waals surface area (Å²) in [5.41, 5.74) is 7.27. The van der Waals surface area contributed by atoms with Crippen LogP contribution in [0.25, 0.3) is 11.1 Å². The monoisotopic (exact) mass is 420 g/mol. The Kier molecular flexibility index (Phi) is 5.75. The molecule has 1 aliphatic heterocycles. The molecule has 0 spiro atoms. The van der Waals surface area contributed by atoms with Crippen molar-refractivity contribution in [3.63, 3.8) is 0 Å². The van der Waals surface area contributed by atoms with Gasteiger partial charge in [-0.3, -0.25) is 9.59 Å². The number of piperidine rings is 1. The molecule has 2 aliphatic rings. The lowest BCUT2D eigenvalue weighted by molar-refractivity contribution is -0.124. The van der Waals surface area contributed by atoms with E-state index in [2.05, 4.69) is 23.6 Å². The first-order valence-corrected chi connectivity index (χ1v) is 10.5. The number of primary amides is 1. The zero-order chi connectivity index (χ0) is 22.1. The molecule has 2 fully saturated rings. The average Bonchev–Trinajstić information content (AvgIpc) is 3.34. The Morgan fingerprint density at radius 1 is 1.26 bits per heavy atom. The van der Waals surface area contributed by atoms with E-state index in [1.54, 1.807) is 36.4 Å². The molecule has 1 saturated heterocycles. The number of hydrogen-bond acceptors (Lipinski definition) is 4. The number of nitrogens with zero attached hydrogens (tertiary/aromatic N) is 1. The molecule has 0 aromatic heterocycles. The van der Waals surface area contributed by atoms with Crippen LogP contribution in [-0.2, 0) is 11.2 Å². The van der Waals surface area contributed by atoms with Gasteiger partial charge in [0.25, 0.3) is 0 Å². The third-order valence-electron chi connectivity index (χ3n) is 6.50. The number of hydrogen-bond donors (Lipinski definition) is 3. The molecule has 2 amide bonds. The van der Waals surface area contributed by atoms with Gasteiger partial charge in [-0.25, -0.2) is 4.39 Å². The number of nitrogens with two attached hydrogens (primary N) is 1. The summed E-state index contributed by atoms with van der Waals surface area (Å²) in [4.78, 5) is 24.1. The van der Waals surface area contributed by atoms with Gasteiger partial charge in [0.2, 0.25) is 11.8 Å². The lowest BCUT2D eigenvalue weighted by Crippen LogP contribution is -2.52. The van der Waals surface area contributed by atoms with Crippen LogP contribution in [0, 0.1) is 29.0 Å². The molecule has 6 nitrogen and oxygen atoms in total. The fourth-order valence-corrected chi connectivity index (χ4v) is 4.88. The number of benzene rings is 2. The smallest absolute Gasteiger partial charge is 0.248 e. The van der Waals surface area contributed by atoms with E-state index < -0.39 is 17.8 Å². The van der Waals surface area contributed by atoms with E-state index in [1.165, 1.54) is 6.07 Å². The normalized spacial score (nSPS) is 25.1. The summed E-state index contributed by atoms with van der Waals surface area (Å²) in [6.45, 7) is 2.16. The fourth-order valence-electron chi connectivity index (χ4n) is 4.88. The molecule has 2 aromatic carbocycles.